The van der Waals surface area contributed by atoms with Crippen molar-refractivity contribution in [1.29, 1.82) is 0 Å². The maximum atomic E-state index is 9.68. The summed E-state index contributed by atoms with van der Waals surface area (Å²) in [7, 11) is 0. The van der Waals surface area contributed by atoms with Gasteiger partial charge in [-0.25, -0.2) is 4.98 Å². The van der Waals surface area contributed by atoms with E-state index >= 15 is 0 Å². The Labute approximate surface area is 116 Å². The van der Waals surface area contributed by atoms with Crippen LogP contribution in [0.4, 0.5) is 11.8 Å². The summed E-state index contributed by atoms with van der Waals surface area (Å²) in [5.74, 6) is 0.523. The molecule has 4 N–H and O–H groups in total. The first-order valence-corrected chi connectivity index (χ1v) is 6.15. The Bertz CT molecular complexity index is 564. The molecular formula is C13H15ClN4O. The summed E-state index contributed by atoms with van der Waals surface area (Å²) in [5.41, 5.74) is 5.76. The molecule has 100 valence electrons. The second kappa shape index (κ2) is 5.42. The molecule has 0 fully saturated rings. The van der Waals surface area contributed by atoms with E-state index in [1.807, 2.05) is 37.3 Å². The molecule has 0 spiro atoms. The third kappa shape index (κ3) is 2.94. The predicted molar refractivity (Wildman–Crippen MR) is 76.0 cm³/mol. The zero-order valence-corrected chi connectivity index (χ0v) is 11.2. The number of nitrogens with zero attached hydrogens (tertiary/aromatic N) is 2. The summed E-state index contributed by atoms with van der Waals surface area (Å²) in [6.45, 7) is 1.74. The molecule has 1 heterocycles. The fourth-order valence-electron chi connectivity index (χ4n) is 1.74. The van der Waals surface area contributed by atoms with Crippen LogP contribution in [0, 0.1) is 0 Å². The number of aliphatic hydroxyl groups excluding tert-OH is 1. The smallest absolute Gasteiger partial charge is 0.222 e. The lowest BCUT2D eigenvalue weighted by molar-refractivity contribution is 0.223. The fourth-order valence-corrected chi connectivity index (χ4v) is 1.88. The van der Waals surface area contributed by atoms with Gasteiger partial charge in [-0.3, -0.25) is 0 Å². The van der Waals surface area contributed by atoms with Gasteiger partial charge in [0.05, 0.1) is 18.3 Å². The van der Waals surface area contributed by atoms with Crippen molar-refractivity contribution >= 4 is 23.4 Å². The number of nitrogen functional groups attached to an aromatic ring is 1. The highest BCUT2D eigenvalue weighted by Crippen LogP contribution is 2.28. The van der Waals surface area contributed by atoms with Crippen LogP contribution in [0.5, 0.6) is 0 Å². The Morgan fingerprint density at radius 3 is 2.68 bits per heavy atom. The number of nitrogens with one attached hydrogen (secondary N) is 1. The number of hydrogen-bond acceptors (Lipinski definition) is 5. The van der Waals surface area contributed by atoms with Crippen LogP contribution in [0.15, 0.2) is 36.5 Å². The van der Waals surface area contributed by atoms with Crippen molar-refractivity contribution in [1.82, 2.24) is 9.97 Å². The number of aromatic nitrogens is 2. The van der Waals surface area contributed by atoms with E-state index in [9.17, 15) is 5.11 Å². The minimum Gasteiger partial charge on any atom is -0.394 e. The van der Waals surface area contributed by atoms with E-state index in [1.165, 1.54) is 6.20 Å². The summed E-state index contributed by atoms with van der Waals surface area (Å²) >= 11 is 6.02. The minimum absolute atomic E-state index is 0.114. The molecule has 0 saturated heterocycles. The molecule has 6 heteroatoms. The maximum Gasteiger partial charge on any atom is 0.222 e. The van der Waals surface area contributed by atoms with Crippen LogP contribution >= 0.6 is 11.6 Å². The Kier molecular flexibility index (Phi) is 3.87. The Hall–Kier alpha value is -1.85. The number of halogens is 1. The Balaban J connectivity index is 2.36. The van der Waals surface area contributed by atoms with E-state index in [0.717, 1.165) is 5.56 Å². The number of anilines is 2. The lowest BCUT2D eigenvalue weighted by Gasteiger charge is -2.30. The number of nitrogens with two attached hydrogens (primary N) is 1. The molecule has 0 radical (unpaired) electrons. The first-order chi connectivity index (χ1) is 9.05. The molecule has 0 aliphatic rings. The van der Waals surface area contributed by atoms with Crippen molar-refractivity contribution in [3.05, 3.63) is 47.1 Å². The summed E-state index contributed by atoms with van der Waals surface area (Å²) in [6, 6.07) is 9.56. The molecule has 5 nitrogen and oxygen atoms in total. The molecule has 1 atom stereocenters. The molecular weight excluding hydrogens is 264 g/mol. The lowest BCUT2D eigenvalue weighted by Crippen LogP contribution is -2.36. The van der Waals surface area contributed by atoms with Gasteiger partial charge in [0.1, 0.15) is 5.02 Å². The van der Waals surface area contributed by atoms with Gasteiger partial charge in [-0.05, 0) is 12.5 Å². The van der Waals surface area contributed by atoms with E-state index in [2.05, 4.69) is 15.3 Å². The van der Waals surface area contributed by atoms with Crippen LogP contribution < -0.4 is 11.1 Å². The SMILES string of the molecule is CC(CO)(Nc1nc(N)ncc1Cl)c1ccccc1. The predicted octanol–water partition coefficient (Wildman–Crippen LogP) is 2.03. The van der Waals surface area contributed by atoms with Crippen LogP contribution in [-0.2, 0) is 5.54 Å². The summed E-state index contributed by atoms with van der Waals surface area (Å²) < 4.78 is 0. The van der Waals surface area contributed by atoms with Gasteiger partial charge in [0.15, 0.2) is 5.82 Å². The molecule has 1 unspecified atom stereocenters. The van der Waals surface area contributed by atoms with Crippen LogP contribution in [0.2, 0.25) is 5.02 Å². The van der Waals surface area contributed by atoms with Gasteiger partial charge in [0.2, 0.25) is 5.95 Å². The van der Waals surface area contributed by atoms with E-state index in [-0.39, 0.29) is 12.6 Å². The number of benzene rings is 1. The summed E-state index contributed by atoms with van der Waals surface area (Å²) in [4.78, 5) is 7.84. The average Bonchev–Trinajstić information content (AvgIpc) is 2.44. The van der Waals surface area contributed by atoms with E-state index in [0.29, 0.717) is 10.8 Å². The van der Waals surface area contributed by atoms with Gasteiger partial charge in [0, 0.05) is 0 Å². The molecule has 0 aliphatic carbocycles. The van der Waals surface area contributed by atoms with Crippen molar-refractivity contribution < 1.29 is 5.11 Å². The standard InChI is InChI=1S/C13H15ClN4O/c1-13(8-19,9-5-3-2-4-6-9)18-11-10(14)7-16-12(15)17-11/h2-7,19H,8H2,1H3,(H3,15,16,17,18). The van der Waals surface area contributed by atoms with Crippen LogP contribution in [0.25, 0.3) is 0 Å². The zero-order chi connectivity index (χ0) is 13.9. The molecule has 0 saturated carbocycles. The van der Waals surface area contributed by atoms with Crippen LogP contribution in [0.3, 0.4) is 0 Å². The maximum absolute atomic E-state index is 9.68. The van der Waals surface area contributed by atoms with Crippen molar-refractivity contribution in [2.75, 3.05) is 17.7 Å². The molecule has 19 heavy (non-hydrogen) atoms. The largest absolute Gasteiger partial charge is 0.394 e. The van der Waals surface area contributed by atoms with Gasteiger partial charge < -0.3 is 16.2 Å². The Morgan fingerprint density at radius 1 is 1.37 bits per heavy atom. The average molecular weight is 279 g/mol. The second-order valence-electron chi connectivity index (χ2n) is 4.41. The number of hydrogen-bond donors (Lipinski definition) is 3. The van der Waals surface area contributed by atoms with Crippen LogP contribution in [-0.4, -0.2) is 21.7 Å². The quantitative estimate of drug-likeness (QED) is 0.797. The van der Waals surface area contributed by atoms with E-state index in [4.69, 9.17) is 17.3 Å². The van der Waals surface area contributed by atoms with E-state index < -0.39 is 5.54 Å². The zero-order valence-electron chi connectivity index (χ0n) is 10.5. The van der Waals surface area contributed by atoms with Crippen molar-refractivity contribution in [2.24, 2.45) is 0 Å². The molecule has 1 aromatic heterocycles. The highest BCUT2D eigenvalue weighted by Gasteiger charge is 2.26. The van der Waals surface area contributed by atoms with Gasteiger partial charge in [-0.15, -0.1) is 0 Å². The van der Waals surface area contributed by atoms with Gasteiger partial charge in [-0.1, -0.05) is 41.9 Å². The topological polar surface area (TPSA) is 84.1 Å². The molecule has 2 rings (SSSR count). The number of aliphatic hydroxyl groups is 1. The number of rotatable bonds is 4. The normalized spacial score (nSPS) is 13.8. The molecule has 2 aromatic rings. The first kappa shape index (κ1) is 13.6. The molecule has 0 aliphatic heterocycles. The van der Waals surface area contributed by atoms with Crippen molar-refractivity contribution in [3.63, 3.8) is 0 Å². The summed E-state index contributed by atoms with van der Waals surface area (Å²) in [5, 5.41) is 13.1. The highest BCUT2D eigenvalue weighted by atomic mass is 35.5. The monoisotopic (exact) mass is 278 g/mol. The van der Waals surface area contributed by atoms with Crippen LogP contribution in [0.1, 0.15) is 12.5 Å². The van der Waals surface area contributed by atoms with Crippen molar-refractivity contribution in [2.45, 2.75) is 12.5 Å². The Morgan fingerprint density at radius 2 is 2.05 bits per heavy atom. The van der Waals surface area contributed by atoms with Gasteiger partial charge >= 0.3 is 0 Å². The third-order valence-electron chi connectivity index (χ3n) is 2.88. The highest BCUT2D eigenvalue weighted by molar-refractivity contribution is 6.32. The second-order valence-corrected chi connectivity index (χ2v) is 4.81. The molecule has 1 aromatic carbocycles. The molecule has 0 bridgehead atoms. The van der Waals surface area contributed by atoms with E-state index in [1.54, 1.807) is 0 Å². The fraction of sp³-hybridized carbons (Fsp3) is 0.231. The van der Waals surface area contributed by atoms with Gasteiger partial charge in [0.25, 0.3) is 0 Å². The molecule has 0 amide bonds. The third-order valence-corrected chi connectivity index (χ3v) is 3.16. The first-order valence-electron chi connectivity index (χ1n) is 5.78. The lowest BCUT2D eigenvalue weighted by atomic mass is 9.93. The minimum atomic E-state index is -0.703. The van der Waals surface area contributed by atoms with Gasteiger partial charge in [-0.2, -0.15) is 4.98 Å². The van der Waals surface area contributed by atoms with Crippen molar-refractivity contribution in [3.8, 4) is 0 Å². The summed E-state index contributed by atoms with van der Waals surface area (Å²) in [6.07, 6.45) is 1.43.